The topological polar surface area (TPSA) is 47.6 Å². The van der Waals surface area contributed by atoms with Crippen LogP contribution in [0.4, 0.5) is 0 Å². The molecule has 0 spiro atoms. The molecule has 4 nitrogen and oxygen atoms in total. The summed E-state index contributed by atoms with van der Waals surface area (Å²) >= 11 is 0. The number of rotatable bonds is 3. The summed E-state index contributed by atoms with van der Waals surface area (Å²) in [5.41, 5.74) is 0.537. The van der Waals surface area contributed by atoms with Gasteiger partial charge in [-0.15, -0.1) is 0 Å². The Morgan fingerprint density at radius 2 is 2.31 bits per heavy atom. The predicted octanol–water partition coefficient (Wildman–Crippen LogP) is 1.94. The van der Waals surface area contributed by atoms with Crippen molar-refractivity contribution >= 4 is 5.91 Å². The third-order valence-corrected chi connectivity index (χ3v) is 2.63. The second-order valence-corrected chi connectivity index (χ2v) is 3.82. The van der Waals surface area contributed by atoms with Crippen LogP contribution >= 0.6 is 0 Å². The van der Waals surface area contributed by atoms with Gasteiger partial charge in [-0.2, -0.15) is 0 Å². The Hall–Kier alpha value is -1.71. The summed E-state index contributed by atoms with van der Waals surface area (Å²) in [6.07, 6.45) is 0.901. The fourth-order valence-electron chi connectivity index (χ4n) is 1.51. The summed E-state index contributed by atoms with van der Waals surface area (Å²) in [6, 6.07) is 5.48. The van der Waals surface area contributed by atoms with Gasteiger partial charge in [0.1, 0.15) is 0 Å². The van der Waals surface area contributed by atoms with Gasteiger partial charge in [-0.25, -0.2) is 0 Å². The molecule has 1 atom stereocenters. The molecular weight excluding hydrogens is 206 g/mol. The van der Waals surface area contributed by atoms with E-state index in [4.69, 9.17) is 9.47 Å². The first-order valence-corrected chi connectivity index (χ1v) is 5.42. The van der Waals surface area contributed by atoms with Crippen LogP contribution in [0, 0.1) is 0 Å². The number of carbonyl (C=O) groups excluding carboxylic acids is 1. The van der Waals surface area contributed by atoms with Crippen molar-refractivity contribution in [1.82, 2.24) is 5.32 Å². The lowest BCUT2D eigenvalue weighted by Crippen LogP contribution is -2.32. The first kappa shape index (κ1) is 10.8. The van der Waals surface area contributed by atoms with Crippen LogP contribution in [0.5, 0.6) is 11.5 Å². The van der Waals surface area contributed by atoms with Gasteiger partial charge in [0.2, 0.25) is 6.79 Å². The number of ether oxygens (including phenoxy) is 2. The molecule has 1 aromatic carbocycles. The Bertz CT molecular complexity index is 403. The molecule has 1 aromatic rings. The average Bonchev–Trinajstić information content (AvgIpc) is 2.76. The van der Waals surface area contributed by atoms with Crippen LogP contribution in [0.15, 0.2) is 18.2 Å². The van der Waals surface area contributed by atoms with E-state index in [0.29, 0.717) is 17.1 Å². The predicted molar refractivity (Wildman–Crippen MR) is 59.8 cm³/mol. The smallest absolute Gasteiger partial charge is 0.255 e. The fourth-order valence-corrected chi connectivity index (χ4v) is 1.51. The van der Waals surface area contributed by atoms with E-state index in [9.17, 15) is 4.79 Å². The Kier molecular flexibility index (Phi) is 2.99. The molecule has 0 radical (unpaired) electrons. The highest BCUT2D eigenvalue weighted by molar-refractivity contribution is 5.98. The van der Waals surface area contributed by atoms with E-state index in [1.807, 2.05) is 13.8 Å². The van der Waals surface area contributed by atoms with E-state index < -0.39 is 0 Å². The summed E-state index contributed by atoms with van der Waals surface area (Å²) in [6.45, 7) is 4.18. The monoisotopic (exact) mass is 221 g/mol. The largest absolute Gasteiger partial charge is 0.454 e. The lowest BCUT2D eigenvalue weighted by molar-refractivity contribution is 0.0934. The summed E-state index contributed by atoms with van der Waals surface area (Å²) in [5.74, 6) is 1.07. The minimum absolute atomic E-state index is 0.114. The molecule has 0 fully saturated rings. The van der Waals surface area contributed by atoms with Gasteiger partial charge < -0.3 is 14.8 Å². The van der Waals surface area contributed by atoms with Crippen molar-refractivity contribution in [2.45, 2.75) is 26.3 Å². The van der Waals surface area contributed by atoms with Gasteiger partial charge in [0, 0.05) is 6.04 Å². The van der Waals surface area contributed by atoms with E-state index >= 15 is 0 Å². The maximum atomic E-state index is 11.9. The molecule has 2 rings (SSSR count). The first-order valence-electron chi connectivity index (χ1n) is 5.42. The summed E-state index contributed by atoms with van der Waals surface area (Å²) < 4.78 is 10.5. The molecule has 1 amide bonds. The van der Waals surface area contributed by atoms with Crippen LogP contribution in [0.1, 0.15) is 30.6 Å². The van der Waals surface area contributed by atoms with Gasteiger partial charge in [-0.05, 0) is 25.5 Å². The number of carbonyl (C=O) groups is 1. The molecule has 0 bridgehead atoms. The third-order valence-electron chi connectivity index (χ3n) is 2.63. The highest BCUT2D eigenvalue weighted by atomic mass is 16.7. The Morgan fingerprint density at radius 3 is 3.06 bits per heavy atom. The van der Waals surface area contributed by atoms with Crippen LogP contribution < -0.4 is 14.8 Å². The molecule has 0 aliphatic carbocycles. The molecule has 1 aliphatic rings. The standard InChI is InChI=1S/C12H15NO3/c1-3-8(2)13-12(14)9-5-4-6-10-11(9)16-7-15-10/h4-6,8H,3,7H2,1-2H3,(H,13,14). The normalized spacial score (nSPS) is 14.6. The number of fused-ring (bicyclic) bond motifs is 1. The molecule has 1 N–H and O–H groups in total. The lowest BCUT2D eigenvalue weighted by atomic mass is 10.1. The second-order valence-electron chi connectivity index (χ2n) is 3.82. The Balaban J connectivity index is 2.21. The summed E-state index contributed by atoms with van der Waals surface area (Å²) in [5, 5.41) is 2.90. The maximum absolute atomic E-state index is 11.9. The van der Waals surface area contributed by atoms with Gasteiger partial charge in [0.05, 0.1) is 5.56 Å². The van der Waals surface area contributed by atoms with Crippen LogP contribution in [-0.2, 0) is 0 Å². The van der Waals surface area contributed by atoms with Crippen LogP contribution in [0.25, 0.3) is 0 Å². The Morgan fingerprint density at radius 1 is 1.50 bits per heavy atom. The number of hydrogen-bond donors (Lipinski definition) is 1. The van der Waals surface area contributed by atoms with Crippen molar-refractivity contribution in [3.05, 3.63) is 23.8 Å². The van der Waals surface area contributed by atoms with Gasteiger partial charge in [-0.1, -0.05) is 13.0 Å². The highest BCUT2D eigenvalue weighted by Crippen LogP contribution is 2.35. The van der Waals surface area contributed by atoms with Gasteiger partial charge in [0.25, 0.3) is 5.91 Å². The van der Waals surface area contributed by atoms with Crippen LogP contribution in [0.3, 0.4) is 0 Å². The number of amides is 1. The van der Waals surface area contributed by atoms with E-state index in [2.05, 4.69) is 5.32 Å². The molecule has 0 aromatic heterocycles. The van der Waals surface area contributed by atoms with Crippen molar-refractivity contribution in [2.24, 2.45) is 0 Å². The number of hydrogen-bond acceptors (Lipinski definition) is 3. The van der Waals surface area contributed by atoms with E-state index in [1.54, 1.807) is 18.2 Å². The number of nitrogens with one attached hydrogen (secondary N) is 1. The molecule has 0 saturated carbocycles. The van der Waals surface area contributed by atoms with E-state index in [0.717, 1.165) is 6.42 Å². The molecule has 16 heavy (non-hydrogen) atoms. The Labute approximate surface area is 94.6 Å². The van der Waals surface area contributed by atoms with E-state index in [-0.39, 0.29) is 18.7 Å². The molecule has 4 heteroatoms. The van der Waals surface area contributed by atoms with Gasteiger partial charge in [-0.3, -0.25) is 4.79 Å². The minimum atomic E-state index is -0.114. The molecular formula is C12H15NO3. The fraction of sp³-hybridized carbons (Fsp3) is 0.417. The quantitative estimate of drug-likeness (QED) is 0.848. The minimum Gasteiger partial charge on any atom is -0.454 e. The maximum Gasteiger partial charge on any atom is 0.255 e. The van der Waals surface area contributed by atoms with Crippen molar-refractivity contribution < 1.29 is 14.3 Å². The number of para-hydroxylation sites is 1. The SMILES string of the molecule is CCC(C)NC(=O)c1cccc2c1OCO2. The zero-order chi connectivity index (χ0) is 11.5. The second kappa shape index (κ2) is 4.43. The molecule has 86 valence electrons. The van der Waals surface area contributed by atoms with Crippen molar-refractivity contribution in [2.75, 3.05) is 6.79 Å². The zero-order valence-corrected chi connectivity index (χ0v) is 9.45. The highest BCUT2D eigenvalue weighted by Gasteiger charge is 2.22. The lowest BCUT2D eigenvalue weighted by Gasteiger charge is -2.12. The average molecular weight is 221 g/mol. The van der Waals surface area contributed by atoms with Crippen LogP contribution in [0.2, 0.25) is 0 Å². The summed E-state index contributed by atoms with van der Waals surface area (Å²) in [7, 11) is 0. The molecule has 1 unspecified atom stereocenters. The van der Waals surface area contributed by atoms with Crippen LogP contribution in [-0.4, -0.2) is 18.7 Å². The third kappa shape index (κ3) is 1.96. The number of benzene rings is 1. The van der Waals surface area contributed by atoms with Gasteiger partial charge >= 0.3 is 0 Å². The molecule has 1 aliphatic heterocycles. The molecule has 1 heterocycles. The van der Waals surface area contributed by atoms with Gasteiger partial charge in [0.15, 0.2) is 11.5 Å². The summed E-state index contributed by atoms with van der Waals surface area (Å²) in [4.78, 5) is 11.9. The van der Waals surface area contributed by atoms with Crippen molar-refractivity contribution in [3.63, 3.8) is 0 Å². The zero-order valence-electron chi connectivity index (χ0n) is 9.45. The molecule has 0 saturated heterocycles. The first-order chi connectivity index (χ1) is 7.72. The van der Waals surface area contributed by atoms with E-state index in [1.165, 1.54) is 0 Å². The van der Waals surface area contributed by atoms with Crippen molar-refractivity contribution in [3.8, 4) is 11.5 Å². The van der Waals surface area contributed by atoms with Crippen molar-refractivity contribution in [1.29, 1.82) is 0 Å².